The number of aliphatic hydroxyl groups is 1. The number of pyridine rings is 1. The molecule has 0 fully saturated rings. The van der Waals surface area contributed by atoms with Crippen LogP contribution in [-0.2, 0) is 13.1 Å². The zero-order valence-corrected chi connectivity index (χ0v) is 14.0. The summed E-state index contributed by atoms with van der Waals surface area (Å²) in [4.78, 5) is 6.53. The molecule has 1 N–H and O–H groups in total. The van der Waals surface area contributed by atoms with Gasteiger partial charge in [0.25, 0.3) is 0 Å². The molecule has 0 spiro atoms. The molecule has 0 saturated carbocycles. The first kappa shape index (κ1) is 17.4. The van der Waals surface area contributed by atoms with Crippen LogP contribution in [0.15, 0.2) is 48.8 Å². The third-order valence-corrected chi connectivity index (χ3v) is 4.04. The minimum absolute atomic E-state index is 0.0282. The topological polar surface area (TPSA) is 45.6 Å². The maximum Gasteiger partial charge on any atom is 0.123 e. The van der Waals surface area contributed by atoms with E-state index in [2.05, 4.69) is 41.9 Å². The fraction of sp³-hybridized carbons (Fsp3) is 0.421. The van der Waals surface area contributed by atoms with Crippen LogP contribution in [0.2, 0.25) is 0 Å². The van der Waals surface area contributed by atoms with Crippen molar-refractivity contribution in [3.05, 3.63) is 59.9 Å². The molecule has 4 nitrogen and oxygen atoms in total. The summed E-state index contributed by atoms with van der Waals surface area (Å²) < 4.78 is 5.66. The lowest BCUT2D eigenvalue weighted by molar-refractivity contribution is 0.176. The summed E-state index contributed by atoms with van der Waals surface area (Å²) in [5, 5.41) is 8.98. The van der Waals surface area contributed by atoms with Gasteiger partial charge in [-0.05, 0) is 37.1 Å². The number of hydrogen-bond acceptors (Lipinski definition) is 4. The van der Waals surface area contributed by atoms with Gasteiger partial charge in [0.2, 0.25) is 0 Å². The van der Waals surface area contributed by atoms with Crippen LogP contribution in [0.25, 0.3) is 0 Å². The van der Waals surface area contributed by atoms with Crippen LogP contribution < -0.4 is 4.74 Å². The maximum absolute atomic E-state index is 8.98. The zero-order valence-electron chi connectivity index (χ0n) is 14.0. The summed E-state index contributed by atoms with van der Waals surface area (Å²) in [6.07, 6.45) is 4.76. The minimum atomic E-state index is 0.0282. The van der Waals surface area contributed by atoms with Crippen molar-refractivity contribution in [2.75, 3.05) is 13.2 Å². The number of benzene rings is 1. The van der Waals surface area contributed by atoms with Crippen molar-refractivity contribution in [3.8, 4) is 5.75 Å². The van der Waals surface area contributed by atoms with Gasteiger partial charge in [0, 0.05) is 37.1 Å². The van der Waals surface area contributed by atoms with E-state index in [-0.39, 0.29) is 6.61 Å². The van der Waals surface area contributed by atoms with E-state index in [0.29, 0.717) is 12.6 Å². The van der Waals surface area contributed by atoms with E-state index in [1.165, 1.54) is 5.56 Å². The van der Waals surface area contributed by atoms with Gasteiger partial charge in [-0.2, -0.15) is 0 Å². The summed E-state index contributed by atoms with van der Waals surface area (Å²) >= 11 is 0. The molecule has 1 aromatic carbocycles. The molecule has 1 unspecified atom stereocenters. The van der Waals surface area contributed by atoms with E-state index in [1.54, 1.807) is 0 Å². The molecule has 0 radical (unpaired) electrons. The molecule has 0 aliphatic rings. The fourth-order valence-electron chi connectivity index (χ4n) is 2.50. The fourth-order valence-corrected chi connectivity index (χ4v) is 2.50. The molecule has 0 saturated heterocycles. The maximum atomic E-state index is 8.98. The van der Waals surface area contributed by atoms with Gasteiger partial charge in [-0.1, -0.05) is 25.1 Å². The Bertz CT molecular complexity index is 575. The first-order valence-electron chi connectivity index (χ1n) is 8.19. The van der Waals surface area contributed by atoms with Gasteiger partial charge in [-0.3, -0.25) is 9.88 Å². The van der Waals surface area contributed by atoms with E-state index in [1.807, 2.05) is 30.6 Å². The largest absolute Gasteiger partial charge is 0.491 e. The second kappa shape index (κ2) is 9.28. The van der Waals surface area contributed by atoms with Gasteiger partial charge in [0.15, 0.2) is 0 Å². The summed E-state index contributed by atoms with van der Waals surface area (Å²) in [6, 6.07) is 12.6. The smallest absolute Gasteiger partial charge is 0.123 e. The standard InChI is InChI=1S/C19H26N2O2/c1-3-16(2)21(14-17-8-10-20-11-9-17)15-18-6-4-5-7-19(18)23-13-12-22/h4-11,16,22H,3,12-15H2,1-2H3. The van der Waals surface area contributed by atoms with Crippen molar-refractivity contribution in [1.82, 2.24) is 9.88 Å². The SMILES string of the molecule is CCC(C)N(Cc1ccncc1)Cc1ccccc1OCCO. The molecule has 1 aromatic heterocycles. The van der Waals surface area contributed by atoms with Crippen LogP contribution in [0.5, 0.6) is 5.75 Å². The Hall–Kier alpha value is -1.91. The summed E-state index contributed by atoms with van der Waals surface area (Å²) in [5.74, 6) is 0.851. The predicted octanol–water partition coefficient (Wildman–Crippen LogP) is 3.25. The third kappa shape index (κ3) is 5.34. The highest BCUT2D eigenvalue weighted by Crippen LogP contribution is 2.22. The van der Waals surface area contributed by atoms with Gasteiger partial charge >= 0.3 is 0 Å². The van der Waals surface area contributed by atoms with Crippen LogP contribution in [0, 0.1) is 0 Å². The number of rotatable bonds is 9. The van der Waals surface area contributed by atoms with Crippen LogP contribution >= 0.6 is 0 Å². The molecule has 0 bridgehead atoms. The highest BCUT2D eigenvalue weighted by atomic mass is 16.5. The van der Waals surface area contributed by atoms with Gasteiger partial charge in [-0.15, -0.1) is 0 Å². The van der Waals surface area contributed by atoms with E-state index in [9.17, 15) is 0 Å². The summed E-state index contributed by atoms with van der Waals surface area (Å²) in [5.41, 5.74) is 2.41. The van der Waals surface area contributed by atoms with Gasteiger partial charge in [-0.25, -0.2) is 0 Å². The normalized spacial score (nSPS) is 12.3. The first-order valence-corrected chi connectivity index (χ1v) is 8.19. The van der Waals surface area contributed by atoms with Crippen LogP contribution in [0.3, 0.4) is 0 Å². The summed E-state index contributed by atoms with van der Waals surface area (Å²) in [7, 11) is 0. The van der Waals surface area contributed by atoms with Gasteiger partial charge in [0.1, 0.15) is 12.4 Å². The molecule has 2 rings (SSSR count). The molecule has 1 atom stereocenters. The minimum Gasteiger partial charge on any atom is -0.491 e. The van der Waals surface area contributed by atoms with Crippen molar-refractivity contribution in [1.29, 1.82) is 0 Å². The second-order valence-electron chi connectivity index (χ2n) is 5.70. The predicted molar refractivity (Wildman–Crippen MR) is 92.3 cm³/mol. The summed E-state index contributed by atoms with van der Waals surface area (Å²) in [6.45, 7) is 6.51. The number of aromatic nitrogens is 1. The Balaban J connectivity index is 2.14. The van der Waals surface area contributed by atoms with Crippen LogP contribution in [0.4, 0.5) is 0 Å². The quantitative estimate of drug-likeness (QED) is 0.772. The molecule has 23 heavy (non-hydrogen) atoms. The Morgan fingerprint density at radius 3 is 2.57 bits per heavy atom. The zero-order chi connectivity index (χ0) is 16.5. The number of aliphatic hydroxyl groups excluding tert-OH is 1. The first-order chi connectivity index (χ1) is 11.2. The Kier molecular flexibility index (Phi) is 7.04. The van der Waals surface area contributed by atoms with E-state index in [4.69, 9.17) is 9.84 Å². The molecule has 1 heterocycles. The Morgan fingerprint density at radius 2 is 1.87 bits per heavy atom. The Labute approximate surface area is 138 Å². The second-order valence-corrected chi connectivity index (χ2v) is 5.70. The van der Waals surface area contributed by atoms with E-state index in [0.717, 1.165) is 30.8 Å². The lowest BCUT2D eigenvalue weighted by atomic mass is 10.1. The highest BCUT2D eigenvalue weighted by molar-refractivity contribution is 5.33. The van der Waals surface area contributed by atoms with Crippen molar-refractivity contribution in [3.63, 3.8) is 0 Å². The van der Waals surface area contributed by atoms with Crippen molar-refractivity contribution in [2.45, 2.75) is 39.4 Å². The van der Waals surface area contributed by atoms with E-state index >= 15 is 0 Å². The molecule has 0 amide bonds. The molecule has 2 aromatic rings. The average Bonchev–Trinajstić information content (AvgIpc) is 2.60. The molecule has 4 heteroatoms. The van der Waals surface area contributed by atoms with Gasteiger partial charge in [0.05, 0.1) is 6.61 Å². The Morgan fingerprint density at radius 1 is 1.13 bits per heavy atom. The molecule has 0 aliphatic carbocycles. The molecular weight excluding hydrogens is 288 g/mol. The highest BCUT2D eigenvalue weighted by Gasteiger charge is 2.15. The monoisotopic (exact) mass is 314 g/mol. The van der Waals surface area contributed by atoms with Crippen LogP contribution in [0.1, 0.15) is 31.4 Å². The van der Waals surface area contributed by atoms with Crippen molar-refractivity contribution >= 4 is 0 Å². The van der Waals surface area contributed by atoms with Crippen LogP contribution in [-0.4, -0.2) is 34.2 Å². The molecular formula is C19H26N2O2. The third-order valence-electron chi connectivity index (χ3n) is 4.04. The average molecular weight is 314 g/mol. The lowest BCUT2D eigenvalue weighted by Gasteiger charge is -2.29. The number of hydrogen-bond donors (Lipinski definition) is 1. The molecule has 124 valence electrons. The van der Waals surface area contributed by atoms with Crippen molar-refractivity contribution < 1.29 is 9.84 Å². The molecule has 0 aliphatic heterocycles. The van der Waals surface area contributed by atoms with Gasteiger partial charge < -0.3 is 9.84 Å². The lowest BCUT2D eigenvalue weighted by Crippen LogP contribution is -2.31. The number of ether oxygens (including phenoxy) is 1. The van der Waals surface area contributed by atoms with E-state index < -0.39 is 0 Å². The number of nitrogens with zero attached hydrogens (tertiary/aromatic N) is 2. The number of para-hydroxylation sites is 1. The van der Waals surface area contributed by atoms with Crippen molar-refractivity contribution in [2.24, 2.45) is 0 Å².